The molecule has 1 unspecified atom stereocenters. The molecule has 0 amide bonds. The number of carbonyl (C=O) groups excluding carboxylic acids is 1. The van der Waals surface area contributed by atoms with Crippen LogP contribution in [0.3, 0.4) is 0 Å². The van der Waals surface area contributed by atoms with Crippen molar-refractivity contribution in [2.24, 2.45) is 5.92 Å². The molecule has 6 nitrogen and oxygen atoms in total. The average molecular weight is 401 g/mol. The van der Waals surface area contributed by atoms with Crippen molar-refractivity contribution in [3.8, 4) is 0 Å². The molecule has 0 bridgehead atoms. The number of allylic oxidation sites excluding steroid dienone is 1. The van der Waals surface area contributed by atoms with Crippen LogP contribution in [0.15, 0.2) is 12.2 Å². The zero-order valence-corrected chi connectivity index (χ0v) is 17.6. The van der Waals surface area contributed by atoms with Crippen LogP contribution in [0.4, 0.5) is 0 Å². The van der Waals surface area contributed by atoms with Gasteiger partial charge in [0.25, 0.3) is 0 Å². The number of esters is 1. The van der Waals surface area contributed by atoms with E-state index in [-0.39, 0.29) is 19.6 Å². The van der Waals surface area contributed by atoms with Crippen molar-refractivity contribution in [2.45, 2.75) is 84.0 Å². The number of ether oxygens (including phenoxy) is 2. The minimum absolute atomic E-state index is 0.0944. The summed E-state index contributed by atoms with van der Waals surface area (Å²) in [4.78, 5) is 23.1. The number of aliphatic hydroxyl groups excluding tert-OH is 1. The third kappa shape index (κ3) is 18.0. The van der Waals surface area contributed by atoms with Gasteiger partial charge in [-0.2, -0.15) is 0 Å². The zero-order valence-electron chi connectivity index (χ0n) is 17.6. The van der Waals surface area contributed by atoms with Crippen LogP contribution in [-0.4, -0.2) is 48.6 Å². The van der Waals surface area contributed by atoms with Gasteiger partial charge >= 0.3 is 11.9 Å². The van der Waals surface area contributed by atoms with Gasteiger partial charge in [0.1, 0.15) is 0 Å². The zero-order chi connectivity index (χ0) is 20.9. The first kappa shape index (κ1) is 26.6. The molecule has 0 saturated carbocycles. The lowest BCUT2D eigenvalue weighted by atomic mass is 10.0. The number of carboxylic acids is 1. The molecule has 6 heteroatoms. The van der Waals surface area contributed by atoms with Gasteiger partial charge in [0.2, 0.25) is 0 Å². The summed E-state index contributed by atoms with van der Waals surface area (Å²) in [6, 6.07) is 0. The Hall–Kier alpha value is -1.40. The number of hydrogen-bond donors (Lipinski definition) is 2. The smallest absolute Gasteiger partial charge is 0.313 e. The Labute approximate surface area is 170 Å². The Balaban J connectivity index is 3.93. The van der Waals surface area contributed by atoms with E-state index in [0.29, 0.717) is 26.1 Å². The van der Waals surface area contributed by atoms with Crippen LogP contribution in [0.5, 0.6) is 0 Å². The maximum Gasteiger partial charge on any atom is 0.313 e. The minimum Gasteiger partial charge on any atom is -0.481 e. The Morgan fingerprint density at radius 1 is 0.893 bits per heavy atom. The summed E-state index contributed by atoms with van der Waals surface area (Å²) in [6.07, 6.45) is 15.3. The highest BCUT2D eigenvalue weighted by atomic mass is 16.5. The first-order valence-electron chi connectivity index (χ1n) is 10.9. The van der Waals surface area contributed by atoms with Gasteiger partial charge in [0.15, 0.2) is 0 Å². The van der Waals surface area contributed by atoms with Gasteiger partial charge in [-0.15, -0.1) is 0 Å². The number of carboxylic acid groups (broad SMARTS) is 1. The van der Waals surface area contributed by atoms with Gasteiger partial charge in [-0.05, 0) is 19.3 Å². The predicted molar refractivity (Wildman–Crippen MR) is 110 cm³/mol. The first-order valence-corrected chi connectivity index (χ1v) is 10.9. The molecule has 0 aliphatic rings. The lowest BCUT2D eigenvalue weighted by Crippen LogP contribution is -2.20. The summed E-state index contributed by atoms with van der Waals surface area (Å²) in [5, 5.41) is 17.6. The van der Waals surface area contributed by atoms with Crippen LogP contribution >= 0.6 is 0 Å². The molecule has 0 aromatic rings. The van der Waals surface area contributed by atoms with Crippen LogP contribution in [-0.2, 0) is 19.1 Å². The average Bonchev–Trinajstić information content (AvgIpc) is 2.67. The van der Waals surface area contributed by atoms with E-state index < -0.39 is 17.9 Å². The molecule has 0 spiro atoms. The summed E-state index contributed by atoms with van der Waals surface area (Å²) in [5.74, 6) is -2.24. The van der Waals surface area contributed by atoms with E-state index in [0.717, 1.165) is 12.8 Å². The monoisotopic (exact) mass is 400 g/mol. The Bertz CT molecular complexity index is 408. The molecule has 0 saturated heterocycles. The Morgan fingerprint density at radius 2 is 1.54 bits per heavy atom. The number of aliphatic carboxylic acids is 1. The standard InChI is InChI=1S/C22H40O6/c1-2-3-4-5-6-7-8-9-10-11-14-20(19-21(24)25)22(26)28-18-13-17-27-16-12-15-23/h11,14,20,23H,2-10,12-13,15-19H2,1H3,(H,24,25)/b14-11+. The maximum absolute atomic E-state index is 12.1. The molecule has 0 aliphatic heterocycles. The van der Waals surface area contributed by atoms with E-state index in [9.17, 15) is 9.59 Å². The van der Waals surface area contributed by atoms with E-state index >= 15 is 0 Å². The van der Waals surface area contributed by atoms with Gasteiger partial charge in [-0.1, -0.05) is 64.0 Å². The largest absolute Gasteiger partial charge is 0.481 e. The van der Waals surface area contributed by atoms with E-state index in [4.69, 9.17) is 19.7 Å². The maximum atomic E-state index is 12.1. The fourth-order valence-electron chi connectivity index (χ4n) is 2.78. The first-order chi connectivity index (χ1) is 13.6. The number of unbranched alkanes of at least 4 members (excludes halogenated alkanes) is 8. The van der Waals surface area contributed by atoms with Gasteiger partial charge in [0.05, 0.1) is 18.9 Å². The van der Waals surface area contributed by atoms with Crippen molar-refractivity contribution >= 4 is 11.9 Å². The molecule has 2 N–H and O–H groups in total. The normalized spacial score (nSPS) is 12.4. The van der Waals surface area contributed by atoms with Gasteiger partial charge in [-0.25, -0.2) is 0 Å². The molecule has 0 fully saturated rings. The summed E-state index contributed by atoms with van der Waals surface area (Å²) in [5.41, 5.74) is 0. The summed E-state index contributed by atoms with van der Waals surface area (Å²) >= 11 is 0. The molecule has 164 valence electrons. The van der Waals surface area contributed by atoms with Gasteiger partial charge in [0, 0.05) is 26.2 Å². The molecule has 0 heterocycles. The molecule has 0 aromatic heterocycles. The van der Waals surface area contributed by atoms with Gasteiger partial charge in [-0.3, -0.25) is 9.59 Å². The van der Waals surface area contributed by atoms with Crippen molar-refractivity contribution in [1.29, 1.82) is 0 Å². The summed E-state index contributed by atoms with van der Waals surface area (Å²) in [6.45, 7) is 3.45. The second-order valence-corrected chi connectivity index (χ2v) is 7.11. The molecular weight excluding hydrogens is 360 g/mol. The van der Waals surface area contributed by atoms with Crippen LogP contribution < -0.4 is 0 Å². The fraction of sp³-hybridized carbons (Fsp3) is 0.818. The number of hydrogen-bond acceptors (Lipinski definition) is 5. The predicted octanol–water partition coefficient (Wildman–Crippen LogP) is 4.50. The fourth-order valence-corrected chi connectivity index (χ4v) is 2.78. The molecule has 0 radical (unpaired) electrons. The van der Waals surface area contributed by atoms with E-state index in [1.54, 1.807) is 6.08 Å². The quantitative estimate of drug-likeness (QED) is 0.178. The molecule has 0 aromatic carbocycles. The minimum atomic E-state index is -1.01. The SMILES string of the molecule is CCCCCCCCCC/C=C/C(CC(=O)O)C(=O)OCCCOCCCO. The Morgan fingerprint density at radius 3 is 2.18 bits per heavy atom. The van der Waals surface area contributed by atoms with Crippen molar-refractivity contribution in [1.82, 2.24) is 0 Å². The van der Waals surface area contributed by atoms with Crippen molar-refractivity contribution in [3.63, 3.8) is 0 Å². The summed E-state index contributed by atoms with van der Waals surface area (Å²) in [7, 11) is 0. The lowest BCUT2D eigenvalue weighted by Gasteiger charge is -2.11. The number of rotatable bonds is 20. The van der Waals surface area contributed by atoms with E-state index in [1.807, 2.05) is 6.08 Å². The Kier molecular flexibility index (Phi) is 19.3. The topological polar surface area (TPSA) is 93.1 Å². The highest BCUT2D eigenvalue weighted by Gasteiger charge is 2.20. The van der Waals surface area contributed by atoms with Crippen molar-refractivity contribution in [3.05, 3.63) is 12.2 Å². The highest BCUT2D eigenvalue weighted by Crippen LogP contribution is 2.12. The number of carbonyl (C=O) groups is 2. The van der Waals surface area contributed by atoms with Crippen molar-refractivity contribution in [2.75, 3.05) is 26.4 Å². The lowest BCUT2D eigenvalue weighted by molar-refractivity contribution is -0.151. The van der Waals surface area contributed by atoms with Crippen LogP contribution in [0.2, 0.25) is 0 Å². The van der Waals surface area contributed by atoms with E-state index in [1.165, 1.54) is 44.9 Å². The number of aliphatic hydroxyl groups is 1. The van der Waals surface area contributed by atoms with Crippen LogP contribution in [0.25, 0.3) is 0 Å². The van der Waals surface area contributed by atoms with E-state index in [2.05, 4.69) is 6.92 Å². The van der Waals surface area contributed by atoms with Gasteiger partial charge < -0.3 is 19.7 Å². The second kappa shape index (κ2) is 20.3. The van der Waals surface area contributed by atoms with Crippen LogP contribution in [0.1, 0.15) is 84.0 Å². The van der Waals surface area contributed by atoms with Crippen molar-refractivity contribution < 1.29 is 29.3 Å². The third-order valence-electron chi connectivity index (χ3n) is 4.41. The molecule has 28 heavy (non-hydrogen) atoms. The third-order valence-corrected chi connectivity index (χ3v) is 4.41. The van der Waals surface area contributed by atoms with Crippen LogP contribution in [0, 0.1) is 5.92 Å². The summed E-state index contributed by atoms with van der Waals surface area (Å²) < 4.78 is 10.4. The highest BCUT2D eigenvalue weighted by molar-refractivity contribution is 5.80. The second-order valence-electron chi connectivity index (χ2n) is 7.11. The molecule has 0 aliphatic carbocycles. The molecular formula is C22H40O6. The molecule has 1 atom stereocenters. The molecule has 0 rings (SSSR count).